The van der Waals surface area contributed by atoms with Crippen molar-refractivity contribution in [1.82, 2.24) is 10.2 Å². The van der Waals surface area contributed by atoms with Gasteiger partial charge in [0.05, 0.1) is 12.9 Å². The summed E-state index contributed by atoms with van der Waals surface area (Å²) < 4.78 is 18.6. The Morgan fingerprint density at radius 2 is 1.68 bits per heavy atom. The van der Waals surface area contributed by atoms with E-state index in [1.807, 2.05) is 68.4 Å². The molecule has 3 aromatic rings. The maximum Gasteiger partial charge on any atom is 0.243 e. The van der Waals surface area contributed by atoms with Crippen LogP contribution in [0.1, 0.15) is 37.0 Å². The van der Waals surface area contributed by atoms with Crippen molar-refractivity contribution in [3.8, 4) is 5.75 Å². The molecule has 3 rings (SSSR count). The van der Waals surface area contributed by atoms with E-state index in [0.29, 0.717) is 17.9 Å². The number of halogens is 1. The average Bonchev–Trinajstić information content (AvgIpc) is 2.92. The summed E-state index contributed by atoms with van der Waals surface area (Å²) in [6.07, 6.45) is 1.20. The van der Waals surface area contributed by atoms with Crippen LogP contribution in [0.2, 0.25) is 0 Å². The van der Waals surface area contributed by atoms with Gasteiger partial charge < -0.3 is 15.0 Å². The van der Waals surface area contributed by atoms with E-state index < -0.39 is 6.04 Å². The van der Waals surface area contributed by atoms with Crippen molar-refractivity contribution in [1.29, 1.82) is 0 Å². The lowest BCUT2D eigenvalue weighted by Crippen LogP contribution is -2.52. The normalized spacial score (nSPS) is 12.4. The van der Waals surface area contributed by atoms with E-state index in [4.69, 9.17) is 4.74 Å². The van der Waals surface area contributed by atoms with Gasteiger partial charge in [-0.2, -0.15) is 0 Å². The number of carbonyl (C=O) groups excluding carboxylic acids is 2. The first-order valence-electron chi connectivity index (χ1n) is 12.5. The molecule has 0 fully saturated rings. The monoisotopic (exact) mass is 522 g/mol. The molecule has 5 nitrogen and oxygen atoms in total. The van der Waals surface area contributed by atoms with Crippen molar-refractivity contribution in [2.45, 2.75) is 51.1 Å². The van der Waals surface area contributed by atoms with Gasteiger partial charge in [0.1, 0.15) is 17.6 Å². The van der Waals surface area contributed by atoms with Crippen molar-refractivity contribution in [3.05, 3.63) is 101 Å². The van der Waals surface area contributed by atoms with Crippen LogP contribution in [0.4, 0.5) is 4.39 Å². The standard InChI is InChI=1S/C30H35FN2O3S/c1-4-22(2)32-30(35)28(18-23-9-6-5-7-10-23)33(19-25-11-8-12-27(17-25)36-3)29(34)21-37-20-24-13-15-26(31)16-14-24/h5-17,22,28H,4,18-21H2,1-3H3,(H,32,35)/t22-,28+/m1/s1. The van der Waals surface area contributed by atoms with Crippen LogP contribution in [-0.2, 0) is 28.3 Å². The van der Waals surface area contributed by atoms with Crippen LogP contribution in [0.5, 0.6) is 5.75 Å². The van der Waals surface area contributed by atoms with Gasteiger partial charge in [-0.3, -0.25) is 9.59 Å². The number of thioether (sulfide) groups is 1. The van der Waals surface area contributed by atoms with Crippen molar-refractivity contribution >= 4 is 23.6 Å². The molecule has 0 saturated heterocycles. The molecule has 0 aliphatic heterocycles. The highest BCUT2D eigenvalue weighted by Gasteiger charge is 2.31. The minimum absolute atomic E-state index is 0.00704. The lowest BCUT2D eigenvalue weighted by molar-refractivity contribution is -0.139. The summed E-state index contributed by atoms with van der Waals surface area (Å²) in [6.45, 7) is 4.26. The summed E-state index contributed by atoms with van der Waals surface area (Å²) in [5.74, 6) is 0.878. The van der Waals surface area contributed by atoms with Gasteiger partial charge in [0.15, 0.2) is 0 Å². The number of rotatable bonds is 13. The zero-order valence-electron chi connectivity index (χ0n) is 21.7. The van der Waals surface area contributed by atoms with E-state index in [-0.39, 0.29) is 36.0 Å². The van der Waals surface area contributed by atoms with Crippen LogP contribution >= 0.6 is 11.8 Å². The van der Waals surface area contributed by atoms with Gasteiger partial charge in [0, 0.05) is 24.8 Å². The second kappa shape index (κ2) is 14.4. The van der Waals surface area contributed by atoms with Gasteiger partial charge in [0.25, 0.3) is 0 Å². The molecule has 0 saturated carbocycles. The van der Waals surface area contributed by atoms with E-state index in [2.05, 4.69) is 5.32 Å². The fraction of sp³-hybridized carbons (Fsp3) is 0.333. The Bertz CT molecular complexity index is 1140. The van der Waals surface area contributed by atoms with Gasteiger partial charge in [-0.25, -0.2) is 4.39 Å². The second-order valence-electron chi connectivity index (χ2n) is 9.02. The van der Waals surface area contributed by atoms with Crippen LogP contribution in [0.15, 0.2) is 78.9 Å². The Morgan fingerprint density at radius 1 is 0.973 bits per heavy atom. The van der Waals surface area contributed by atoms with Crippen molar-refractivity contribution in [3.63, 3.8) is 0 Å². The molecule has 0 bridgehead atoms. The van der Waals surface area contributed by atoms with Gasteiger partial charge in [-0.15, -0.1) is 11.8 Å². The SMILES string of the molecule is CC[C@@H](C)NC(=O)[C@H](Cc1ccccc1)N(Cc1cccc(OC)c1)C(=O)CSCc1ccc(F)cc1. The van der Waals surface area contributed by atoms with Crippen LogP contribution in [-0.4, -0.2) is 41.7 Å². The molecule has 1 N–H and O–H groups in total. The number of ether oxygens (including phenoxy) is 1. The predicted molar refractivity (Wildman–Crippen MR) is 148 cm³/mol. The zero-order valence-corrected chi connectivity index (χ0v) is 22.5. The van der Waals surface area contributed by atoms with Crippen LogP contribution < -0.4 is 10.1 Å². The van der Waals surface area contributed by atoms with E-state index in [1.54, 1.807) is 24.1 Å². The van der Waals surface area contributed by atoms with Crippen molar-refractivity contribution < 1.29 is 18.7 Å². The maximum atomic E-state index is 13.7. The maximum absolute atomic E-state index is 13.7. The van der Waals surface area contributed by atoms with Crippen molar-refractivity contribution in [2.24, 2.45) is 0 Å². The Balaban J connectivity index is 1.86. The van der Waals surface area contributed by atoms with E-state index in [9.17, 15) is 14.0 Å². The molecule has 0 radical (unpaired) electrons. The number of methoxy groups -OCH3 is 1. The third-order valence-electron chi connectivity index (χ3n) is 6.17. The highest BCUT2D eigenvalue weighted by atomic mass is 32.2. The average molecular weight is 523 g/mol. The molecule has 0 aromatic heterocycles. The molecule has 196 valence electrons. The molecule has 37 heavy (non-hydrogen) atoms. The molecular formula is C30H35FN2O3S. The quantitative estimate of drug-likeness (QED) is 0.317. The topological polar surface area (TPSA) is 58.6 Å². The lowest BCUT2D eigenvalue weighted by atomic mass is 10.0. The molecule has 0 spiro atoms. The Morgan fingerprint density at radius 3 is 2.35 bits per heavy atom. The summed E-state index contributed by atoms with van der Waals surface area (Å²) in [7, 11) is 1.60. The molecule has 0 unspecified atom stereocenters. The first kappa shape index (κ1) is 28.3. The van der Waals surface area contributed by atoms with E-state index >= 15 is 0 Å². The third-order valence-corrected chi connectivity index (χ3v) is 7.16. The minimum atomic E-state index is -0.679. The Kier molecular flexibility index (Phi) is 11.0. The smallest absolute Gasteiger partial charge is 0.243 e. The molecular weight excluding hydrogens is 487 g/mol. The second-order valence-corrected chi connectivity index (χ2v) is 10.0. The third kappa shape index (κ3) is 8.93. The summed E-state index contributed by atoms with van der Waals surface area (Å²) in [6, 6.07) is 22.9. The highest BCUT2D eigenvalue weighted by molar-refractivity contribution is 7.99. The zero-order chi connectivity index (χ0) is 26.6. The molecule has 3 aromatic carbocycles. The molecule has 2 atom stereocenters. The summed E-state index contributed by atoms with van der Waals surface area (Å²) >= 11 is 1.45. The number of carbonyl (C=O) groups is 2. The number of amides is 2. The fourth-order valence-corrected chi connectivity index (χ4v) is 4.75. The fourth-order valence-electron chi connectivity index (χ4n) is 3.88. The number of hydrogen-bond donors (Lipinski definition) is 1. The number of nitrogens with one attached hydrogen (secondary N) is 1. The first-order chi connectivity index (χ1) is 17.9. The van der Waals surface area contributed by atoms with Crippen molar-refractivity contribution in [2.75, 3.05) is 12.9 Å². The summed E-state index contributed by atoms with van der Waals surface area (Å²) in [5, 5.41) is 3.08. The summed E-state index contributed by atoms with van der Waals surface area (Å²) in [4.78, 5) is 28.9. The van der Waals surface area contributed by atoms with Gasteiger partial charge >= 0.3 is 0 Å². The highest BCUT2D eigenvalue weighted by Crippen LogP contribution is 2.21. The molecule has 7 heteroatoms. The van der Waals surface area contributed by atoms with Crippen LogP contribution in [0.3, 0.4) is 0 Å². The number of hydrogen-bond acceptors (Lipinski definition) is 4. The number of nitrogens with zero attached hydrogens (tertiary/aromatic N) is 1. The molecule has 0 heterocycles. The van der Waals surface area contributed by atoms with Gasteiger partial charge in [-0.1, -0.05) is 61.5 Å². The Labute approximate surface area is 223 Å². The van der Waals surface area contributed by atoms with Gasteiger partial charge in [0.2, 0.25) is 11.8 Å². The molecule has 0 aliphatic rings. The largest absolute Gasteiger partial charge is 0.497 e. The van der Waals surface area contributed by atoms with Crippen LogP contribution in [0, 0.1) is 5.82 Å². The first-order valence-corrected chi connectivity index (χ1v) is 13.6. The van der Waals surface area contributed by atoms with E-state index in [0.717, 1.165) is 23.1 Å². The molecule has 0 aliphatic carbocycles. The van der Waals surface area contributed by atoms with Crippen LogP contribution in [0.25, 0.3) is 0 Å². The van der Waals surface area contributed by atoms with E-state index in [1.165, 1.54) is 23.9 Å². The van der Waals surface area contributed by atoms with Gasteiger partial charge in [-0.05, 0) is 54.3 Å². The Hall–Kier alpha value is -3.32. The molecule has 2 amide bonds. The number of benzene rings is 3. The predicted octanol–water partition coefficient (Wildman–Crippen LogP) is 5.62. The minimum Gasteiger partial charge on any atom is -0.497 e. The summed E-state index contributed by atoms with van der Waals surface area (Å²) in [5.41, 5.74) is 2.80. The lowest BCUT2D eigenvalue weighted by Gasteiger charge is -2.32.